The van der Waals surface area contributed by atoms with Crippen LogP contribution in [-0.2, 0) is 19.6 Å². The Bertz CT molecular complexity index is 589. The first kappa shape index (κ1) is 18.9. The summed E-state index contributed by atoms with van der Waals surface area (Å²) in [6.07, 6.45) is 0.690. The summed E-state index contributed by atoms with van der Waals surface area (Å²) in [5.41, 5.74) is 0. The Balaban J connectivity index is 2.68. The second-order valence-electron chi connectivity index (χ2n) is 4.90. The number of ether oxygens (including phenoxy) is 1. The molecule has 124 valence electrons. The van der Waals surface area contributed by atoms with E-state index in [1.165, 1.54) is 36.1 Å². The van der Waals surface area contributed by atoms with Gasteiger partial charge in [0.15, 0.2) is 0 Å². The highest BCUT2D eigenvalue weighted by atomic mass is 35.5. The SMILES string of the molecule is COCCCN(C)C(=O)[C@H](C)NS(=O)(=O)c1ccc(Cl)cc1. The van der Waals surface area contributed by atoms with Crippen molar-refractivity contribution in [2.24, 2.45) is 0 Å². The third-order valence-corrected chi connectivity index (χ3v) is 4.85. The van der Waals surface area contributed by atoms with Crippen LogP contribution in [0.2, 0.25) is 5.02 Å². The first-order chi connectivity index (χ1) is 10.3. The smallest absolute Gasteiger partial charge is 0.241 e. The number of hydrogen-bond acceptors (Lipinski definition) is 4. The number of methoxy groups -OCH3 is 1. The zero-order valence-electron chi connectivity index (χ0n) is 12.9. The van der Waals surface area contributed by atoms with Gasteiger partial charge < -0.3 is 9.64 Å². The van der Waals surface area contributed by atoms with E-state index in [9.17, 15) is 13.2 Å². The van der Waals surface area contributed by atoms with Gasteiger partial charge in [-0.25, -0.2) is 8.42 Å². The van der Waals surface area contributed by atoms with Crippen LogP contribution in [0.3, 0.4) is 0 Å². The molecule has 22 heavy (non-hydrogen) atoms. The first-order valence-electron chi connectivity index (χ1n) is 6.79. The fraction of sp³-hybridized carbons (Fsp3) is 0.500. The number of nitrogens with one attached hydrogen (secondary N) is 1. The molecule has 1 atom stereocenters. The highest BCUT2D eigenvalue weighted by Gasteiger charge is 2.24. The quantitative estimate of drug-likeness (QED) is 0.722. The summed E-state index contributed by atoms with van der Waals surface area (Å²) in [5.74, 6) is -0.298. The highest BCUT2D eigenvalue weighted by Crippen LogP contribution is 2.14. The molecule has 1 aromatic rings. The minimum absolute atomic E-state index is 0.0681. The highest BCUT2D eigenvalue weighted by molar-refractivity contribution is 7.89. The van der Waals surface area contributed by atoms with Gasteiger partial charge in [0.05, 0.1) is 10.9 Å². The number of carbonyl (C=O) groups is 1. The lowest BCUT2D eigenvalue weighted by Crippen LogP contribution is -2.45. The van der Waals surface area contributed by atoms with Crippen LogP contribution in [0.25, 0.3) is 0 Å². The molecule has 0 spiro atoms. The fourth-order valence-electron chi connectivity index (χ4n) is 1.85. The maximum Gasteiger partial charge on any atom is 0.241 e. The van der Waals surface area contributed by atoms with Crippen molar-refractivity contribution in [2.45, 2.75) is 24.3 Å². The maximum atomic E-state index is 12.2. The van der Waals surface area contributed by atoms with Crippen molar-refractivity contribution in [1.29, 1.82) is 0 Å². The average Bonchev–Trinajstić information content (AvgIpc) is 2.46. The van der Waals surface area contributed by atoms with E-state index in [4.69, 9.17) is 16.3 Å². The predicted molar refractivity (Wildman–Crippen MR) is 85.4 cm³/mol. The number of carbonyl (C=O) groups excluding carboxylic acids is 1. The van der Waals surface area contributed by atoms with Gasteiger partial charge in [-0.15, -0.1) is 0 Å². The molecule has 1 aromatic carbocycles. The molecule has 6 nitrogen and oxygen atoms in total. The zero-order chi connectivity index (χ0) is 16.8. The number of likely N-dealkylation sites (N-methyl/N-ethyl adjacent to an activating group) is 1. The third-order valence-electron chi connectivity index (χ3n) is 3.04. The largest absolute Gasteiger partial charge is 0.385 e. The molecule has 1 N–H and O–H groups in total. The molecule has 1 rings (SSSR count). The first-order valence-corrected chi connectivity index (χ1v) is 8.66. The van der Waals surface area contributed by atoms with Gasteiger partial charge in [-0.05, 0) is 37.6 Å². The second-order valence-corrected chi connectivity index (χ2v) is 7.05. The number of nitrogens with zero attached hydrogens (tertiary/aromatic N) is 1. The zero-order valence-corrected chi connectivity index (χ0v) is 14.4. The van der Waals surface area contributed by atoms with E-state index in [2.05, 4.69) is 4.72 Å². The average molecular weight is 349 g/mol. The summed E-state index contributed by atoms with van der Waals surface area (Å²) < 4.78 is 31.7. The number of halogens is 1. The van der Waals surface area contributed by atoms with Gasteiger partial charge in [-0.3, -0.25) is 4.79 Å². The Morgan fingerprint density at radius 2 is 1.95 bits per heavy atom. The molecular formula is C14H21ClN2O4S. The summed E-state index contributed by atoms with van der Waals surface area (Å²) >= 11 is 5.73. The number of amides is 1. The van der Waals surface area contributed by atoms with Crippen molar-refractivity contribution in [2.75, 3.05) is 27.3 Å². The van der Waals surface area contributed by atoms with Crippen LogP contribution in [0.4, 0.5) is 0 Å². The standard InChI is InChI=1S/C14H21ClN2O4S/c1-11(14(18)17(2)9-4-10-21-3)16-22(19,20)13-7-5-12(15)6-8-13/h5-8,11,16H,4,9-10H2,1-3H3/t11-/m0/s1. The van der Waals surface area contributed by atoms with E-state index >= 15 is 0 Å². The van der Waals surface area contributed by atoms with Gasteiger partial charge in [-0.2, -0.15) is 4.72 Å². The van der Waals surface area contributed by atoms with Crippen molar-refractivity contribution in [3.8, 4) is 0 Å². The van der Waals surface area contributed by atoms with Crippen molar-refractivity contribution >= 4 is 27.5 Å². The minimum Gasteiger partial charge on any atom is -0.385 e. The van der Waals surface area contributed by atoms with E-state index in [0.29, 0.717) is 24.6 Å². The molecule has 0 heterocycles. The topological polar surface area (TPSA) is 75.7 Å². The number of hydrogen-bond donors (Lipinski definition) is 1. The van der Waals surface area contributed by atoms with E-state index in [-0.39, 0.29) is 10.8 Å². The van der Waals surface area contributed by atoms with Crippen molar-refractivity contribution < 1.29 is 17.9 Å². The molecule has 0 bridgehead atoms. The number of rotatable bonds is 8. The number of benzene rings is 1. The Labute approximate surface area is 136 Å². The predicted octanol–water partition coefficient (Wildman–Crippen LogP) is 1.50. The van der Waals surface area contributed by atoms with Gasteiger partial charge in [0.2, 0.25) is 15.9 Å². The Morgan fingerprint density at radius 3 is 2.50 bits per heavy atom. The molecule has 0 saturated heterocycles. The van der Waals surface area contributed by atoms with Crippen LogP contribution in [0.15, 0.2) is 29.2 Å². The monoisotopic (exact) mass is 348 g/mol. The fourth-order valence-corrected chi connectivity index (χ4v) is 3.17. The minimum atomic E-state index is -3.76. The summed E-state index contributed by atoms with van der Waals surface area (Å²) in [6, 6.07) is 4.90. The van der Waals surface area contributed by atoms with Crippen molar-refractivity contribution in [1.82, 2.24) is 9.62 Å². The van der Waals surface area contributed by atoms with Gasteiger partial charge in [0.25, 0.3) is 0 Å². The van der Waals surface area contributed by atoms with Gasteiger partial charge in [0.1, 0.15) is 0 Å². The van der Waals surface area contributed by atoms with Crippen molar-refractivity contribution in [3.05, 3.63) is 29.3 Å². The van der Waals surface area contributed by atoms with E-state index in [1.807, 2.05) is 0 Å². The van der Waals surface area contributed by atoms with E-state index in [1.54, 1.807) is 14.2 Å². The molecule has 1 amide bonds. The summed E-state index contributed by atoms with van der Waals surface area (Å²) in [4.78, 5) is 13.7. The molecule has 0 aliphatic carbocycles. The van der Waals surface area contributed by atoms with Gasteiger partial charge >= 0.3 is 0 Å². The maximum absolute atomic E-state index is 12.2. The molecule has 0 radical (unpaired) electrons. The third kappa shape index (κ3) is 5.57. The molecule has 0 aliphatic rings. The number of sulfonamides is 1. The Hall–Kier alpha value is -1.15. The molecule has 0 fully saturated rings. The molecule has 0 saturated carbocycles. The van der Waals surface area contributed by atoms with Crippen molar-refractivity contribution in [3.63, 3.8) is 0 Å². The molecule has 0 aliphatic heterocycles. The van der Waals surface area contributed by atoms with E-state index < -0.39 is 16.1 Å². The van der Waals surface area contributed by atoms with Crippen LogP contribution in [0, 0.1) is 0 Å². The van der Waals surface area contributed by atoms with Gasteiger partial charge in [0, 0.05) is 32.3 Å². The summed E-state index contributed by atoms with van der Waals surface area (Å²) in [5, 5.41) is 0.445. The van der Waals surface area contributed by atoms with Crippen LogP contribution in [0.1, 0.15) is 13.3 Å². The lowest BCUT2D eigenvalue weighted by molar-refractivity contribution is -0.131. The second kappa shape index (κ2) is 8.47. The van der Waals surface area contributed by atoms with Crippen LogP contribution in [-0.4, -0.2) is 52.6 Å². The van der Waals surface area contributed by atoms with Gasteiger partial charge in [-0.1, -0.05) is 11.6 Å². The molecule has 0 unspecified atom stereocenters. The lowest BCUT2D eigenvalue weighted by Gasteiger charge is -2.22. The summed E-state index contributed by atoms with van der Waals surface area (Å²) in [6.45, 7) is 2.56. The molecular weight excluding hydrogens is 328 g/mol. The van der Waals surface area contributed by atoms with E-state index in [0.717, 1.165) is 0 Å². The summed E-state index contributed by atoms with van der Waals surface area (Å²) in [7, 11) is -0.543. The molecule has 8 heteroatoms. The lowest BCUT2D eigenvalue weighted by atomic mass is 10.3. The molecule has 0 aromatic heterocycles. The van der Waals surface area contributed by atoms with Crippen LogP contribution >= 0.6 is 11.6 Å². The van der Waals surface area contributed by atoms with Crippen LogP contribution in [0.5, 0.6) is 0 Å². The Kier molecular flexibility index (Phi) is 7.28. The normalized spacial score (nSPS) is 12.9. The van der Waals surface area contributed by atoms with Crippen LogP contribution < -0.4 is 4.72 Å². The Morgan fingerprint density at radius 1 is 1.36 bits per heavy atom.